The Kier molecular flexibility index (Phi) is 4.85. The van der Waals surface area contributed by atoms with E-state index in [-0.39, 0.29) is 6.04 Å². The van der Waals surface area contributed by atoms with Crippen LogP contribution in [0.2, 0.25) is 0 Å². The smallest absolute Gasteiger partial charge is 0.0386 e. The lowest BCUT2D eigenvalue weighted by molar-refractivity contribution is 0.832. The largest absolute Gasteiger partial charge is 0.323 e. The summed E-state index contributed by atoms with van der Waals surface area (Å²) in [5.74, 6) is 2.11. The molecule has 0 fully saturated rings. The Bertz CT molecular complexity index is 464. The summed E-state index contributed by atoms with van der Waals surface area (Å²) in [6.07, 6.45) is 0. The van der Waals surface area contributed by atoms with Gasteiger partial charge in [0.25, 0.3) is 0 Å². The first kappa shape index (κ1) is 13.2. The van der Waals surface area contributed by atoms with E-state index in [1.807, 2.05) is 17.8 Å². The number of hydrogen-bond donors (Lipinski definition) is 1. The van der Waals surface area contributed by atoms with Gasteiger partial charge in [-0.15, -0.1) is 0 Å². The lowest BCUT2D eigenvalue weighted by Gasteiger charge is -2.11. The zero-order valence-corrected chi connectivity index (χ0v) is 11.5. The average molecular weight is 257 g/mol. The second-order valence-electron chi connectivity index (χ2n) is 4.25. The third-order valence-electron chi connectivity index (χ3n) is 2.95. The van der Waals surface area contributed by atoms with E-state index in [0.29, 0.717) is 0 Å². The summed E-state index contributed by atoms with van der Waals surface area (Å²) in [6.45, 7) is 2.16. The van der Waals surface area contributed by atoms with Crippen LogP contribution in [-0.2, 0) is 0 Å². The molecule has 1 atom stereocenters. The van der Waals surface area contributed by atoms with Crippen molar-refractivity contribution >= 4 is 11.8 Å². The monoisotopic (exact) mass is 257 g/mol. The van der Waals surface area contributed by atoms with Crippen LogP contribution in [0.25, 0.3) is 11.1 Å². The van der Waals surface area contributed by atoms with Crippen LogP contribution >= 0.6 is 11.8 Å². The first-order chi connectivity index (χ1) is 8.81. The lowest BCUT2D eigenvalue weighted by atomic mass is 10.0. The Balaban J connectivity index is 2.10. The number of nitrogens with two attached hydrogens (primary N) is 1. The molecule has 2 rings (SSSR count). The minimum Gasteiger partial charge on any atom is -0.323 e. The van der Waals surface area contributed by atoms with Gasteiger partial charge in [-0.2, -0.15) is 11.8 Å². The standard InChI is InChI=1S/C16H19NS/c1-2-18-12-16(17)15-10-8-14(9-11-15)13-6-4-3-5-7-13/h3-11,16H,2,12,17H2,1H3. The number of rotatable bonds is 5. The summed E-state index contributed by atoms with van der Waals surface area (Å²) in [5.41, 5.74) is 9.86. The zero-order valence-electron chi connectivity index (χ0n) is 10.7. The highest BCUT2D eigenvalue weighted by molar-refractivity contribution is 7.99. The topological polar surface area (TPSA) is 26.0 Å². The second kappa shape index (κ2) is 6.62. The van der Waals surface area contributed by atoms with Crippen molar-refractivity contribution in [3.05, 3.63) is 60.2 Å². The van der Waals surface area contributed by atoms with Gasteiger partial charge < -0.3 is 5.73 Å². The van der Waals surface area contributed by atoms with E-state index in [1.165, 1.54) is 16.7 Å². The first-order valence-electron chi connectivity index (χ1n) is 6.30. The van der Waals surface area contributed by atoms with Gasteiger partial charge in [0.2, 0.25) is 0 Å². The van der Waals surface area contributed by atoms with Gasteiger partial charge in [-0.3, -0.25) is 0 Å². The van der Waals surface area contributed by atoms with E-state index in [1.54, 1.807) is 0 Å². The van der Waals surface area contributed by atoms with Gasteiger partial charge in [-0.1, -0.05) is 61.5 Å². The molecule has 2 N–H and O–H groups in total. The predicted molar refractivity (Wildman–Crippen MR) is 81.8 cm³/mol. The fourth-order valence-electron chi connectivity index (χ4n) is 1.89. The molecule has 1 nitrogen and oxygen atoms in total. The zero-order chi connectivity index (χ0) is 12.8. The molecule has 0 amide bonds. The van der Waals surface area contributed by atoms with E-state index >= 15 is 0 Å². The maximum absolute atomic E-state index is 6.15. The molecule has 0 aliphatic rings. The number of hydrogen-bond acceptors (Lipinski definition) is 2. The molecular formula is C16H19NS. The first-order valence-corrected chi connectivity index (χ1v) is 7.45. The molecule has 2 heteroatoms. The predicted octanol–water partition coefficient (Wildman–Crippen LogP) is 4.11. The van der Waals surface area contributed by atoms with Gasteiger partial charge in [0.15, 0.2) is 0 Å². The summed E-state index contributed by atoms with van der Waals surface area (Å²) in [7, 11) is 0. The van der Waals surface area contributed by atoms with Crippen LogP contribution < -0.4 is 5.73 Å². The summed E-state index contributed by atoms with van der Waals surface area (Å²) in [6, 6.07) is 19.1. The summed E-state index contributed by atoms with van der Waals surface area (Å²) in [5, 5.41) is 0. The molecule has 0 spiro atoms. The highest BCUT2D eigenvalue weighted by Gasteiger charge is 2.05. The van der Waals surface area contributed by atoms with Crippen molar-refractivity contribution in [2.24, 2.45) is 5.73 Å². The molecule has 0 bridgehead atoms. The molecule has 0 aromatic heterocycles. The Morgan fingerprint density at radius 1 is 0.944 bits per heavy atom. The van der Waals surface area contributed by atoms with Gasteiger partial charge in [0.1, 0.15) is 0 Å². The van der Waals surface area contributed by atoms with Gasteiger partial charge >= 0.3 is 0 Å². The molecule has 2 aromatic carbocycles. The van der Waals surface area contributed by atoms with E-state index < -0.39 is 0 Å². The van der Waals surface area contributed by atoms with Crippen LogP contribution in [0.15, 0.2) is 54.6 Å². The van der Waals surface area contributed by atoms with Crippen LogP contribution in [0.3, 0.4) is 0 Å². The van der Waals surface area contributed by atoms with E-state index in [9.17, 15) is 0 Å². The van der Waals surface area contributed by atoms with Gasteiger partial charge in [0, 0.05) is 11.8 Å². The third kappa shape index (κ3) is 3.37. The Morgan fingerprint density at radius 3 is 2.17 bits per heavy atom. The van der Waals surface area contributed by atoms with Crippen LogP contribution in [0.4, 0.5) is 0 Å². The lowest BCUT2D eigenvalue weighted by Crippen LogP contribution is -2.12. The highest BCUT2D eigenvalue weighted by atomic mass is 32.2. The van der Waals surface area contributed by atoms with Crippen molar-refractivity contribution in [2.45, 2.75) is 13.0 Å². The van der Waals surface area contributed by atoms with Crippen molar-refractivity contribution in [1.82, 2.24) is 0 Å². The number of benzene rings is 2. The quantitative estimate of drug-likeness (QED) is 0.872. The van der Waals surface area contributed by atoms with Gasteiger partial charge in [-0.25, -0.2) is 0 Å². The van der Waals surface area contributed by atoms with Crippen LogP contribution in [0.5, 0.6) is 0 Å². The molecule has 0 saturated carbocycles. The minimum absolute atomic E-state index is 0.139. The fourth-order valence-corrected chi connectivity index (χ4v) is 2.58. The van der Waals surface area contributed by atoms with E-state index in [2.05, 4.69) is 55.5 Å². The Hall–Kier alpha value is -1.25. The molecule has 2 aromatic rings. The van der Waals surface area contributed by atoms with Crippen molar-refractivity contribution in [3.8, 4) is 11.1 Å². The van der Waals surface area contributed by atoms with Crippen molar-refractivity contribution in [2.75, 3.05) is 11.5 Å². The van der Waals surface area contributed by atoms with Crippen LogP contribution in [0, 0.1) is 0 Å². The average Bonchev–Trinajstić information content (AvgIpc) is 2.46. The maximum Gasteiger partial charge on any atom is 0.0386 e. The van der Waals surface area contributed by atoms with Gasteiger partial charge in [-0.05, 0) is 22.4 Å². The molecule has 0 aliphatic carbocycles. The third-order valence-corrected chi connectivity index (χ3v) is 3.95. The maximum atomic E-state index is 6.15. The highest BCUT2D eigenvalue weighted by Crippen LogP contribution is 2.22. The van der Waals surface area contributed by atoms with Crippen LogP contribution in [0.1, 0.15) is 18.5 Å². The number of thioether (sulfide) groups is 1. The van der Waals surface area contributed by atoms with Gasteiger partial charge in [0.05, 0.1) is 0 Å². The molecular weight excluding hydrogens is 238 g/mol. The molecule has 18 heavy (non-hydrogen) atoms. The Morgan fingerprint density at radius 2 is 1.56 bits per heavy atom. The minimum atomic E-state index is 0.139. The summed E-state index contributed by atoms with van der Waals surface area (Å²) >= 11 is 1.89. The van der Waals surface area contributed by atoms with Crippen LogP contribution in [-0.4, -0.2) is 11.5 Å². The van der Waals surface area contributed by atoms with Crippen molar-refractivity contribution < 1.29 is 0 Å². The van der Waals surface area contributed by atoms with E-state index in [4.69, 9.17) is 5.73 Å². The molecule has 0 radical (unpaired) electrons. The molecule has 0 aliphatic heterocycles. The molecule has 94 valence electrons. The SMILES string of the molecule is CCSCC(N)c1ccc(-c2ccccc2)cc1. The van der Waals surface area contributed by atoms with E-state index in [0.717, 1.165) is 11.5 Å². The summed E-state index contributed by atoms with van der Waals surface area (Å²) < 4.78 is 0. The molecule has 1 unspecified atom stereocenters. The van der Waals surface area contributed by atoms with Crippen molar-refractivity contribution in [3.63, 3.8) is 0 Å². The Labute approximate surface area is 113 Å². The van der Waals surface area contributed by atoms with Crippen molar-refractivity contribution in [1.29, 1.82) is 0 Å². The normalized spacial score (nSPS) is 12.3. The fraction of sp³-hybridized carbons (Fsp3) is 0.250. The second-order valence-corrected chi connectivity index (χ2v) is 5.57. The molecule has 0 heterocycles. The summed E-state index contributed by atoms with van der Waals surface area (Å²) in [4.78, 5) is 0. The molecule has 0 saturated heterocycles.